The Morgan fingerprint density at radius 1 is 0.812 bits per heavy atom. The quantitative estimate of drug-likeness (QED) is 0.505. The van der Waals surface area contributed by atoms with Gasteiger partial charge < -0.3 is 23.7 Å². The summed E-state index contributed by atoms with van der Waals surface area (Å²) >= 11 is 0. The average Bonchev–Trinajstić information content (AvgIpc) is 3.73. The highest BCUT2D eigenvalue weighted by Crippen LogP contribution is 2.36. The summed E-state index contributed by atoms with van der Waals surface area (Å²) in [6.45, 7) is 2.81. The van der Waals surface area contributed by atoms with Crippen molar-refractivity contribution in [2.45, 2.75) is 24.5 Å². The molecule has 0 bridgehead atoms. The van der Waals surface area contributed by atoms with Crippen molar-refractivity contribution in [3.63, 3.8) is 0 Å². The van der Waals surface area contributed by atoms with Gasteiger partial charge in [-0.05, 0) is 54.0 Å². The zero-order valence-corrected chi connectivity index (χ0v) is 18.2. The van der Waals surface area contributed by atoms with E-state index >= 15 is 0 Å². The maximum Gasteiger partial charge on any atom is 0.119 e. The van der Waals surface area contributed by atoms with E-state index in [9.17, 15) is 0 Å². The predicted molar refractivity (Wildman–Crippen MR) is 122 cm³/mol. The van der Waals surface area contributed by atoms with Crippen molar-refractivity contribution in [2.75, 3.05) is 33.5 Å². The fraction of sp³-hybridized carbons (Fsp3) is 0.333. The van der Waals surface area contributed by atoms with Crippen LogP contribution in [0, 0.1) is 0 Å². The fourth-order valence-electron chi connectivity index (χ4n) is 3.81. The molecule has 0 amide bonds. The van der Waals surface area contributed by atoms with Gasteiger partial charge in [0.15, 0.2) is 0 Å². The van der Waals surface area contributed by atoms with Crippen LogP contribution in [0.25, 0.3) is 0 Å². The van der Waals surface area contributed by atoms with Gasteiger partial charge in [0.25, 0.3) is 0 Å². The molecule has 0 aromatic heterocycles. The SMILES string of the molecule is COc1ccc(C(C2=CC=C(OCC3CO3)C=CC2)c2ccc(OCC3CO3)cc2)cc1. The maximum atomic E-state index is 5.89. The molecule has 2 aromatic carbocycles. The summed E-state index contributed by atoms with van der Waals surface area (Å²) in [6.07, 6.45) is 9.81. The minimum absolute atomic E-state index is 0.119. The Morgan fingerprint density at radius 3 is 2.00 bits per heavy atom. The summed E-state index contributed by atoms with van der Waals surface area (Å²) in [4.78, 5) is 0. The summed E-state index contributed by atoms with van der Waals surface area (Å²) in [5, 5.41) is 0. The van der Waals surface area contributed by atoms with Crippen molar-refractivity contribution in [3.8, 4) is 11.5 Å². The van der Waals surface area contributed by atoms with Crippen molar-refractivity contribution in [3.05, 3.63) is 95.3 Å². The number of epoxide rings is 2. The van der Waals surface area contributed by atoms with Gasteiger partial charge in [-0.3, -0.25) is 0 Å². The van der Waals surface area contributed by atoms with Crippen LogP contribution in [0.1, 0.15) is 23.5 Å². The van der Waals surface area contributed by atoms with Crippen molar-refractivity contribution >= 4 is 0 Å². The topological polar surface area (TPSA) is 52.8 Å². The summed E-state index contributed by atoms with van der Waals surface area (Å²) in [5.74, 6) is 2.71. The van der Waals surface area contributed by atoms with Crippen LogP contribution in [0.4, 0.5) is 0 Å². The molecule has 3 atom stereocenters. The number of hydrogen-bond acceptors (Lipinski definition) is 5. The summed E-state index contributed by atoms with van der Waals surface area (Å²) in [5.41, 5.74) is 3.73. The van der Waals surface area contributed by atoms with E-state index in [4.69, 9.17) is 23.7 Å². The molecular weight excluding hydrogens is 404 g/mol. The van der Waals surface area contributed by atoms with Gasteiger partial charge in [0.2, 0.25) is 0 Å². The molecule has 0 N–H and O–H groups in total. The van der Waals surface area contributed by atoms with Gasteiger partial charge in [0.1, 0.15) is 42.7 Å². The van der Waals surface area contributed by atoms with Gasteiger partial charge >= 0.3 is 0 Å². The van der Waals surface area contributed by atoms with Gasteiger partial charge in [-0.1, -0.05) is 42.0 Å². The van der Waals surface area contributed by atoms with Gasteiger partial charge in [-0.25, -0.2) is 0 Å². The first-order valence-corrected chi connectivity index (χ1v) is 11.1. The molecular formula is C27H28O5. The van der Waals surface area contributed by atoms with E-state index in [1.54, 1.807) is 7.11 Å². The van der Waals surface area contributed by atoms with E-state index in [-0.39, 0.29) is 18.1 Å². The first-order chi connectivity index (χ1) is 15.8. The molecule has 2 aliphatic heterocycles. The third-order valence-corrected chi connectivity index (χ3v) is 5.81. The first-order valence-electron chi connectivity index (χ1n) is 11.1. The van der Waals surface area contributed by atoms with Crippen LogP contribution in [-0.2, 0) is 14.2 Å². The number of benzene rings is 2. The van der Waals surface area contributed by atoms with E-state index < -0.39 is 0 Å². The van der Waals surface area contributed by atoms with Gasteiger partial charge in [0, 0.05) is 5.92 Å². The Balaban J connectivity index is 1.40. The standard InChI is InChI=1S/C27H28O5/c1-28-22-10-5-20(6-11-22)27(21-8-13-24(14-9-21)30-16-26-18-32-26)19-3-2-4-23(12-7-19)29-15-25-17-31-25/h2,4-14,25-27H,3,15-18H2,1H3. The molecule has 2 heterocycles. The van der Waals surface area contributed by atoms with E-state index in [0.717, 1.165) is 36.9 Å². The maximum absolute atomic E-state index is 5.89. The lowest BCUT2D eigenvalue weighted by molar-refractivity contribution is 0.193. The summed E-state index contributed by atoms with van der Waals surface area (Å²) in [7, 11) is 1.69. The van der Waals surface area contributed by atoms with Crippen LogP contribution in [-0.4, -0.2) is 45.7 Å². The molecule has 0 saturated carbocycles. The molecule has 32 heavy (non-hydrogen) atoms. The lowest BCUT2D eigenvalue weighted by atomic mass is 9.83. The monoisotopic (exact) mass is 432 g/mol. The van der Waals surface area contributed by atoms with Crippen LogP contribution in [0.15, 0.2) is 84.2 Å². The molecule has 166 valence electrons. The van der Waals surface area contributed by atoms with Gasteiger partial charge in [-0.15, -0.1) is 0 Å². The smallest absolute Gasteiger partial charge is 0.119 e. The Morgan fingerprint density at radius 2 is 1.41 bits per heavy atom. The summed E-state index contributed by atoms with van der Waals surface area (Å²) in [6, 6.07) is 16.7. The molecule has 3 aliphatic rings. The van der Waals surface area contributed by atoms with Gasteiger partial charge in [0.05, 0.1) is 20.3 Å². The Kier molecular flexibility index (Phi) is 6.28. The average molecular weight is 433 g/mol. The third-order valence-electron chi connectivity index (χ3n) is 5.81. The predicted octanol–water partition coefficient (Wildman–Crippen LogP) is 4.79. The zero-order chi connectivity index (χ0) is 21.8. The van der Waals surface area contributed by atoms with E-state index in [1.165, 1.54) is 16.7 Å². The molecule has 5 rings (SSSR count). The molecule has 0 radical (unpaired) electrons. The van der Waals surface area contributed by atoms with Crippen molar-refractivity contribution in [1.29, 1.82) is 0 Å². The number of allylic oxidation sites excluding steroid dienone is 5. The Bertz CT molecular complexity index is 995. The lowest BCUT2D eigenvalue weighted by Crippen LogP contribution is -2.06. The minimum Gasteiger partial charge on any atom is -0.497 e. The normalized spacial score (nSPS) is 22.3. The number of rotatable bonds is 10. The molecule has 1 aliphatic carbocycles. The van der Waals surface area contributed by atoms with Gasteiger partial charge in [-0.2, -0.15) is 0 Å². The fourth-order valence-corrected chi connectivity index (χ4v) is 3.81. The van der Waals surface area contributed by atoms with Crippen LogP contribution in [0.2, 0.25) is 0 Å². The highest BCUT2D eigenvalue weighted by atomic mass is 16.6. The second-order valence-electron chi connectivity index (χ2n) is 8.23. The summed E-state index contributed by atoms with van der Waals surface area (Å²) < 4.78 is 27.6. The van der Waals surface area contributed by atoms with Crippen molar-refractivity contribution < 1.29 is 23.7 Å². The molecule has 2 fully saturated rings. The number of ether oxygens (including phenoxy) is 5. The van der Waals surface area contributed by atoms with E-state index in [2.05, 4.69) is 42.5 Å². The highest BCUT2D eigenvalue weighted by Gasteiger charge is 2.24. The third kappa shape index (κ3) is 5.42. The number of methoxy groups -OCH3 is 1. The molecule has 2 aromatic rings. The van der Waals surface area contributed by atoms with E-state index in [0.29, 0.717) is 13.2 Å². The second kappa shape index (κ2) is 9.63. The number of hydrogen-bond donors (Lipinski definition) is 0. The molecule has 3 unspecified atom stereocenters. The largest absolute Gasteiger partial charge is 0.497 e. The lowest BCUT2D eigenvalue weighted by Gasteiger charge is -2.21. The van der Waals surface area contributed by atoms with Crippen molar-refractivity contribution in [2.24, 2.45) is 0 Å². The molecule has 5 nitrogen and oxygen atoms in total. The van der Waals surface area contributed by atoms with Crippen LogP contribution < -0.4 is 9.47 Å². The molecule has 5 heteroatoms. The molecule has 0 spiro atoms. The Labute approximate surface area is 188 Å². The highest BCUT2D eigenvalue weighted by molar-refractivity contribution is 5.46. The Hall–Kier alpha value is -3.02. The van der Waals surface area contributed by atoms with Crippen LogP contribution in [0.5, 0.6) is 11.5 Å². The minimum atomic E-state index is 0.119. The van der Waals surface area contributed by atoms with Crippen LogP contribution >= 0.6 is 0 Å². The second-order valence-corrected chi connectivity index (χ2v) is 8.23. The zero-order valence-electron chi connectivity index (χ0n) is 18.2. The molecule has 2 saturated heterocycles. The van der Waals surface area contributed by atoms with Crippen molar-refractivity contribution in [1.82, 2.24) is 0 Å². The van der Waals surface area contributed by atoms with E-state index in [1.807, 2.05) is 30.3 Å². The first kappa shape index (κ1) is 20.9. The van der Waals surface area contributed by atoms with Crippen LogP contribution in [0.3, 0.4) is 0 Å².